The summed E-state index contributed by atoms with van der Waals surface area (Å²) in [5.74, 6) is 0.267. The highest BCUT2D eigenvalue weighted by molar-refractivity contribution is 5.88. The summed E-state index contributed by atoms with van der Waals surface area (Å²) < 4.78 is 3.09. The smallest absolute Gasteiger partial charge is 0.266 e. The van der Waals surface area contributed by atoms with Gasteiger partial charge in [0.1, 0.15) is 11.8 Å². The van der Waals surface area contributed by atoms with Gasteiger partial charge in [0.15, 0.2) is 5.52 Å². The van der Waals surface area contributed by atoms with Crippen LogP contribution in [0.15, 0.2) is 72.0 Å². The van der Waals surface area contributed by atoms with Gasteiger partial charge in [-0.3, -0.25) is 4.79 Å². The summed E-state index contributed by atoms with van der Waals surface area (Å²) in [6, 6.07) is 16.7. The fourth-order valence-electron chi connectivity index (χ4n) is 4.85. The van der Waals surface area contributed by atoms with Gasteiger partial charge in [-0.2, -0.15) is 5.10 Å². The Morgan fingerprint density at radius 3 is 2.08 bits per heavy atom. The van der Waals surface area contributed by atoms with Crippen LogP contribution in [0, 0.1) is 34.6 Å². The van der Waals surface area contributed by atoms with E-state index in [0.29, 0.717) is 16.7 Å². The van der Waals surface area contributed by atoms with E-state index in [1.54, 1.807) is 17.1 Å². The lowest BCUT2D eigenvalue weighted by molar-refractivity contribution is 0.845. The summed E-state index contributed by atoms with van der Waals surface area (Å²) >= 11 is 0. The van der Waals surface area contributed by atoms with E-state index in [4.69, 9.17) is 5.10 Å². The molecule has 0 aliphatic heterocycles. The molecule has 7 nitrogen and oxygen atoms in total. The summed E-state index contributed by atoms with van der Waals surface area (Å²) in [5.41, 5.74) is 8.81. The average molecular weight is 487 g/mol. The normalized spacial score (nSPS) is 11.5. The lowest BCUT2D eigenvalue weighted by Crippen LogP contribution is -2.22. The number of fused-ring (bicyclic) bond motifs is 2. The Labute approximate surface area is 214 Å². The van der Waals surface area contributed by atoms with E-state index in [2.05, 4.69) is 53.1 Å². The van der Waals surface area contributed by atoms with Crippen LogP contribution in [0.5, 0.6) is 0 Å². The van der Waals surface area contributed by atoms with E-state index in [1.807, 2.05) is 45.0 Å². The zero-order chi connectivity index (χ0) is 25.8. The fourth-order valence-corrected chi connectivity index (χ4v) is 4.85. The fraction of sp³-hybridized carbons (Fsp3) is 0.167. The molecule has 0 saturated carbocycles. The third-order valence-electron chi connectivity index (χ3n) is 7.06. The van der Waals surface area contributed by atoms with Crippen molar-refractivity contribution in [3.05, 3.63) is 106 Å². The Morgan fingerprint density at radius 1 is 0.730 bits per heavy atom. The standard InChI is InChI=1S/C30H26N6O/c1-17-8-6-7-9-25(17)24-14-31-30(32-15-24)35-16-33-27-21(5)34-36(28(27)29(35)37)26-13-23-11-19(3)18(2)10-22(23)12-20(26)4/h6-16H,1-5H3. The first-order valence-corrected chi connectivity index (χ1v) is 12.2. The molecule has 0 amide bonds. The Kier molecular flexibility index (Phi) is 5.22. The van der Waals surface area contributed by atoms with Gasteiger partial charge in [0.2, 0.25) is 5.95 Å². The molecule has 0 radical (unpaired) electrons. The number of aromatic nitrogens is 6. The summed E-state index contributed by atoms with van der Waals surface area (Å²) in [6.45, 7) is 10.2. The second kappa shape index (κ2) is 8.48. The third-order valence-corrected chi connectivity index (χ3v) is 7.06. The zero-order valence-electron chi connectivity index (χ0n) is 21.4. The number of hydrogen-bond acceptors (Lipinski definition) is 5. The molecule has 182 valence electrons. The van der Waals surface area contributed by atoms with E-state index in [1.165, 1.54) is 22.0 Å². The minimum atomic E-state index is -0.270. The minimum Gasteiger partial charge on any atom is -0.266 e. The maximum atomic E-state index is 13.8. The number of benzene rings is 3. The number of aryl methyl sites for hydroxylation is 5. The molecular weight excluding hydrogens is 460 g/mol. The van der Waals surface area contributed by atoms with Crippen LogP contribution in [-0.2, 0) is 0 Å². The van der Waals surface area contributed by atoms with Crippen LogP contribution < -0.4 is 5.56 Å². The average Bonchev–Trinajstić information content (AvgIpc) is 3.22. The Bertz CT molecular complexity index is 1900. The lowest BCUT2D eigenvalue weighted by Gasteiger charge is -2.12. The predicted molar refractivity (Wildman–Crippen MR) is 147 cm³/mol. The van der Waals surface area contributed by atoms with Crippen molar-refractivity contribution in [2.45, 2.75) is 34.6 Å². The van der Waals surface area contributed by atoms with Crippen molar-refractivity contribution in [1.29, 1.82) is 0 Å². The number of nitrogens with zero attached hydrogens (tertiary/aromatic N) is 6. The maximum absolute atomic E-state index is 13.8. The van der Waals surface area contributed by atoms with E-state index >= 15 is 0 Å². The molecule has 0 atom stereocenters. The van der Waals surface area contributed by atoms with Crippen molar-refractivity contribution in [2.24, 2.45) is 0 Å². The molecule has 0 aliphatic rings. The molecule has 0 saturated heterocycles. The topological polar surface area (TPSA) is 78.5 Å². The third kappa shape index (κ3) is 3.71. The van der Waals surface area contributed by atoms with Crippen molar-refractivity contribution in [3.8, 4) is 22.8 Å². The van der Waals surface area contributed by atoms with Crippen LogP contribution in [0.2, 0.25) is 0 Å². The minimum absolute atomic E-state index is 0.267. The summed E-state index contributed by atoms with van der Waals surface area (Å²) in [4.78, 5) is 27.4. The van der Waals surface area contributed by atoms with Crippen molar-refractivity contribution < 1.29 is 0 Å². The molecule has 6 rings (SSSR count). The van der Waals surface area contributed by atoms with Crippen molar-refractivity contribution in [2.75, 3.05) is 0 Å². The molecule has 3 aromatic carbocycles. The van der Waals surface area contributed by atoms with Crippen LogP contribution in [0.3, 0.4) is 0 Å². The largest absolute Gasteiger partial charge is 0.286 e. The predicted octanol–water partition coefficient (Wildman–Crippen LogP) is 5.72. The van der Waals surface area contributed by atoms with E-state index in [9.17, 15) is 4.79 Å². The molecule has 0 unspecified atom stereocenters. The van der Waals surface area contributed by atoms with Crippen LogP contribution >= 0.6 is 0 Å². The van der Waals surface area contributed by atoms with Crippen molar-refractivity contribution in [1.82, 2.24) is 29.3 Å². The van der Waals surface area contributed by atoms with Crippen LogP contribution in [0.25, 0.3) is 44.6 Å². The van der Waals surface area contributed by atoms with Gasteiger partial charge < -0.3 is 0 Å². The highest BCUT2D eigenvalue weighted by Gasteiger charge is 2.19. The van der Waals surface area contributed by atoms with Gasteiger partial charge in [0.25, 0.3) is 5.56 Å². The first-order valence-electron chi connectivity index (χ1n) is 12.2. The zero-order valence-corrected chi connectivity index (χ0v) is 21.4. The lowest BCUT2D eigenvalue weighted by atomic mass is 10.00. The molecule has 3 aromatic heterocycles. The molecule has 3 heterocycles. The van der Waals surface area contributed by atoms with Gasteiger partial charge in [0.05, 0.1) is 11.4 Å². The second-order valence-corrected chi connectivity index (χ2v) is 9.62. The summed E-state index contributed by atoms with van der Waals surface area (Å²) in [5, 5.41) is 6.99. The molecule has 0 fully saturated rings. The molecule has 37 heavy (non-hydrogen) atoms. The van der Waals surface area contributed by atoms with Crippen molar-refractivity contribution >= 4 is 21.8 Å². The maximum Gasteiger partial charge on any atom is 0.286 e. The van der Waals surface area contributed by atoms with Gasteiger partial charge >= 0.3 is 0 Å². The molecular formula is C30H26N6O. The van der Waals surface area contributed by atoms with E-state index in [0.717, 1.165) is 38.7 Å². The Balaban J connectivity index is 1.51. The molecule has 0 bridgehead atoms. The molecule has 6 aromatic rings. The molecule has 0 N–H and O–H groups in total. The van der Waals surface area contributed by atoms with Crippen LogP contribution in [-0.4, -0.2) is 29.3 Å². The monoisotopic (exact) mass is 486 g/mol. The number of hydrogen-bond donors (Lipinski definition) is 0. The Morgan fingerprint density at radius 2 is 1.38 bits per heavy atom. The highest BCUT2D eigenvalue weighted by Crippen LogP contribution is 2.27. The SMILES string of the molecule is Cc1cc2cc(C)c(-n3nc(C)c4ncn(-c5ncc(-c6ccccc6C)cn5)c(=O)c43)cc2cc1C. The van der Waals surface area contributed by atoms with Gasteiger partial charge in [-0.1, -0.05) is 36.4 Å². The van der Waals surface area contributed by atoms with Crippen LogP contribution in [0.1, 0.15) is 27.9 Å². The molecule has 7 heteroatoms. The quantitative estimate of drug-likeness (QED) is 0.320. The van der Waals surface area contributed by atoms with E-state index in [-0.39, 0.29) is 11.5 Å². The van der Waals surface area contributed by atoms with E-state index < -0.39 is 0 Å². The Hall–Kier alpha value is -4.65. The first kappa shape index (κ1) is 22.8. The summed E-state index contributed by atoms with van der Waals surface area (Å²) in [7, 11) is 0. The van der Waals surface area contributed by atoms with Crippen LogP contribution in [0.4, 0.5) is 0 Å². The van der Waals surface area contributed by atoms with Gasteiger partial charge in [-0.15, -0.1) is 0 Å². The van der Waals surface area contributed by atoms with Gasteiger partial charge in [-0.25, -0.2) is 24.2 Å². The van der Waals surface area contributed by atoms with Gasteiger partial charge in [-0.05, 0) is 85.3 Å². The first-order chi connectivity index (χ1) is 17.8. The molecule has 0 spiro atoms. The second-order valence-electron chi connectivity index (χ2n) is 9.62. The summed E-state index contributed by atoms with van der Waals surface area (Å²) in [6.07, 6.45) is 4.95. The van der Waals surface area contributed by atoms with Crippen molar-refractivity contribution in [3.63, 3.8) is 0 Å². The number of rotatable bonds is 3. The molecule has 0 aliphatic carbocycles. The highest BCUT2D eigenvalue weighted by atomic mass is 16.1. The van der Waals surface area contributed by atoms with Gasteiger partial charge in [0, 0.05) is 18.0 Å².